The molecule has 1 saturated heterocycles. The third-order valence-corrected chi connectivity index (χ3v) is 4.37. The standard InChI is InChI=1S/C12H14N6S/c1-17-4-6-18(7-5-17)12-14-10-3-2-9(15-16-13)8-11(10)19-12/h2-3,8H,4-7H2,1H3. The van der Waals surface area contributed by atoms with Gasteiger partial charge in [-0.2, -0.15) is 0 Å². The fraction of sp³-hybridized carbons (Fsp3) is 0.417. The van der Waals surface area contributed by atoms with Crippen molar-refractivity contribution >= 4 is 32.4 Å². The van der Waals surface area contributed by atoms with Crippen LogP contribution in [0, 0.1) is 0 Å². The summed E-state index contributed by atoms with van der Waals surface area (Å²) in [6.45, 7) is 4.17. The van der Waals surface area contributed by atoms with Crippen LogP contribution in [0.25, 0.3) is 20.7 Å². The number of azide groups is 1. The molecule has 0 atom stereocenters. The summed E-state index contributed by atoms with van der Waals surface area (Å²) < 4.78 is 1.07. The Kier molecular flexibility index (Phi) is 3.25. The van der Waals surface area contributed by atoms with E-state index in [2.05, 4.69) is 31.9 Å². The second kappa shape index (κ2) is 5.05. The Morgan fingerprint density at radius 3 is 2.84 bits per heavy atom. The van der Waals surface area contributed by atoms with Crippen molar-refractivity contribution in [3.8, 4) is 0 Å². The third-order valence-electron chi connectivity index (χ3n) is 3.29. The number of anilines is 1. The third kappa shape index (κ3) is 2.49. The van der Waals surface area contributed by atoms with Crippen molar-refractivity contribution in [1.82, 2.24) is 9.88 Å². The van der Waals surface area contributed by atoms with Crippen molar-refractivity contribution in [2.45, 2.75) is 0 Å². The van der Waals surface area contributed by atoms with E-state index in [9.17, 15) is 0 Å². The van der Waals surface area contributed by atoms with Crippen molar-refractivity contribution in [3.05, 3.63) is 28.6 Å². The molecule has 98 valence electrons. The SMILES string of the molecule is CN1CCN(c2nc3ccc(N=[N+]=[N-])cc3s2)CC1. The lowest BCUT2D eigenvalue weighted by Gasteiger charge is -2.31. The van der Waals surface area contributed by atoms with Gasteiger partial charge in [-0.25, -0.2) is 4.98 Å². The Morgan fingerprint density at radius 1 is 1.32 bits per heavy atom. The molecule has 1 fully saturated rings. The maximum atomic E-state index is 8.46. The number of aromatic nitrogens is 1. The number of thiazole rings is 1. The lowest BCUT2D eigenvalue weighted by atomic mass is 10.3. The van der Waals surface area contributed by atoms with E-state index in [-0.39, 0.29) is 0 Å². The Bertz CT molecular complexity index is 637. The van der Waals surface area contributed by atoms with Crippen LogP contribution in [0.2, 0.25) is 0 Å². The van der Waals surface area contributed by atoms with E-state index in [0.29, 0.717) is 5.69 Å². The molecular weight excluding hydrogens is 260 g/mol. The highest BCUT2D eigenvalue weighted by atomic mass is 32.1. The van der Waals surface area contributed by atoms with Crippen LogP contribution in [0.4, 0.5) is 10.8 Å². The molecule has 0 amide bonds. The molecule has 2 aromatic rings. The first-order valence-electron chi connectivity index (χ1n) is 6.15. The molecule has 3 rings (SSSR count). The quantitative estimate of drug-likeness (QED) is 0.480. The molecule has 0 bridgehead atoms. The summed E-state index contributed by atoms with van der Waals surface area (Å²) >= 11 is 1.66. The number of rotatable bonds is 2. The van der Waals surface area contributed by atoms with Gasteiger partial charge in [0.05, 0.1) is 10.2 Å². The van der Waals surface area contributed by atoms with Gasteiger partial charge in [0.1, 0.15) is 0 Å². The summed E-state index contributed by atoms with van der Waals surface area (Å²) in [5, 5.41) is 4.68. The van der Waals surface area contributed by atoms with Crippen LogP contribution in [0.3, 0.4) is 0 Å². The van der Waals surface area contributed by atoms with Crippen LogP contribution in [-0.4, -0.2) is 43.1 Å². The molecule has 0 N–H and O–H groups in total. The smallest absolute Gasteiger partial charge is 0.186 e. The van der Waals surface area contributed by atoms with Gasteiger partial charge in [-0.05, 0) is 24.7 Å². The number of likely N-dealkylation sites (N-methyl/N-ethyl adjacent to an activating group) is 1. The molecule has 1 aromatic heterocycles. The number of piperazine rings is 1. The van der Waals surface area contributed by atoms with Crippen molar-refractivity contribution < 1.29 is 0 Å². The van der Waals surface area contributed by atoms with Gasteiger partial charge in [-0.1, -0.05) is 22.5 Å². The van der Waals surface area contributed by atoms with E-state index in [1.165, 1.54) is 0 Å². The molecule has 19 heavy (non-hydrogen) atoms. The van der Waals surface area contributed by atoms with Gasteiger partial charge in [0.15, 0.2) is 5.13 Å². The zero-order chi connectivity index (χ0) is 13.2. The highest BCUT2D eigenvalue weighted by Gasteiger charge is 2.17. The highest BCUT2D eigenvalue weighted by molar-refractivity contribution is 7.22. The van der Waals surface area contributed by atoms with Crippen molar-refractivity contribution in [1.29, 1.82) is 0 Å². The van der Waals surface area contributed by atoms with Gasteiger partial charge in [0.2, 0.25) is 0 Å². The fourth-order valence-corrected chi connectivity index (χ4v) is 3.20. The van der Waals surface area contributed by atoms with Crippen LogP contribution in [0.5, 0.6) is 0 Å². The molecule has 0 spiro atoms. The van der Waals surface area contributed by atoms with Gasteiger partial charge >= 0.3 is 0 Å². The number of benzene rings is 1. The van der Waals surface area contributed by atoms with Gasteiger partial charge in [0, 0.05) is 36.8 Å². The molecule has 1 aliphatic heterocycles. The highest BCUT2D eigenvalue weighted by Crippen LogP contribution is 2.31. The number of hydrogen-bond acceptors (Lipinski definition) is 5. The first-order chi connectivity index (χ1) is 9.26. The zero-order valence-electron chi connectivity index (χ0n) is 10.7. The van der Waals surface area contributed by atoms with E-state index in [4.69, 9.17) is 5.53 Å². The molecule has 0 aliphatic carbocycles. The first-order valence-corrected chi connectivity index (χ1v) is 6.97. The van der Waals surface area contributed by atoms with Crippen LogP contribution >= 0.6 is 11.3 Å². The predicted molar refractivity (Wildman–Crippen MR) is 78.1 cm³/mol. The van der Waals surface area contributed by atoms with Crippen molar-refractivity contribution in [2.75, 3.05) is 38.1 Å². The largest absolute Gasteiger partial charge is 0.345 e. The zero-order valence-corrected chi connectivity index (χ0v) is 11.5. The second-order valence-electron chi connectivity index (χ2n) is 4.63. The molecule has 0 radical (unpaired) electrons. The first kappa shape index (κ1) is 12.2. The summed E-state index contributed by atoms with van der Waals surface area (Å²) in [6.07, 6.45) is 0. The monoisotopic (exact) mass is 274 g/mol. The number of fused-ring (bicyclic) bond motifs is 1. The lowest BCUT2D eigenvalue weighted by Crippen LogP contribution is -2.44. The van der Waals surface area contributed by atoms with Gasteiger partial charge in [-0.15, -0.1) is 0 Å². The summed E-state index contributed by atoms with van der Waals surface area (Å²) in [5.74, 6) is 0. The molecular formula is C12H14N6S. The summed E-state index contributed by atoms with van der Waals surface area (Å²) in [6, 6.07) is 5.61. The fourth-order valence-electron chi connectivity index (χ4n) is 2.15. The summed E-state index contributed by atoms with van der Waals surface area (Å²) in [4.78, 5) is 12.1. The minimum Gasteiger partial charge on any atom is -0.345 e. The van der Waals surface area contributed by atoms with Crippen LogP contribution in [-0.2, 0) is 0 Å². The van der Waals surface area contributed by atoms with E-state index >= 15 is 0 Å². The predicted octanol–water partition coefficient (Wildman–Crippen LogP) is 2.99. The molecule has 7 heteroatoms. The van der Waals surface area contributed by atoms with Crippen LogP contribution in [0.15, 0.2) is 23.3 Å². The normalized spacial score (nSPS) is 16.6. The summed E-state index contributed by atoms with van der Waals surface area (Å²) in [5.41, 5.74) is 10.1. The molecule has 0 saturated carbocycles. The van der Waals surface area contributed by atoms with Crippen LogP contribution in [0.1, 0.15) is 0 Å². The molecule has 0 unspecified atom stereocenters. The Hall–Kier alpha value is -1.82. The minimum absolute atomic E-state index is 0.642. The maximum absolute atomic E-state index is 8.46. The average molecular weight is 274 g/mol. The Balaban J connectivity index is 1.90. The molecule has 6 nitrogen and oxygen atoms in total. The Labute approximate surface area is 114 Å². The van der Waals surface area contributed by atoms with E-state index in [0.717, 1.165) is 41.5 Å². The maximum Gasteiger partial charge on any atom is 0.186 e. The second-order valence-corrected chi connectivity index (χ2v) is 5.64. The average Bonchev–Trinajstić information content (AvgIpc) is 2.83. The van der Waals surface area contributed by atoms with Gasteiger partial charge in [0.25, 0.3) is 0 Å². The minimum atomic E-state index is 0.642. The number of hydrogen-bond donors (Lipinski definition) is 0. The van der Waals surface area contributed by atoms with Gasteiger partial charge < -0.3 is 9.80 Å². The Morgan fingerprint density at radius 2 is 2.11 bits per heavy atom. The van der Waals surface area contributed by atoms with Crippen LogP contribution < -0.4 is 4.90 Å². The van der Waals surface area contributed by atoms with E-state index < -0.39 is 0 Å². The number of nitrogens with zero attached hydrogens (tertiary/aromatic N) is 6. The van der Waals surface area contributed by atoms with E-state index in [1.807, 2.05) is 12.1 Å². The van der Waals surface area contributed by atoms with E-state index in [1.54, 1.807) is 17.4 Å². The lowest BCUT2D eigenvalue weighted by molar-refractivity contribution is 0.313. The summed E-state index contributed by atoms with van der Waals surface area (Å²) in [7, 11) is 2.14. The molecule has 2 heterocycles. The molecule has 1 aliphatic rings. The van der Waals surface area contributed by atoms with Crippen molar-refractivity contribution in [3.63, 3.8) is 0 Å². The topological polar surface area (TPSA) is 68.1 Å². The molecule has 1 aromatic carbocycles. The van der Waals surface area contributed by atoms with Crippen molar-refractivity contribution in [2.24, 2.45) is 5.11 Å². The van der Waals surface area contributed by atoms with Gasteiger partial charge in [-0.3, -0.25) is 0 Å².